The summed E-state index contributed by atoms with van der Waals surface area (Å²) >= 11 is 0. The first-order chi connectivity index (χ1) is 13.3. The van der Waals surface area contributed by atoms with E-state index in [0.717, 1.165) is 4.90 Å². The number of urea groups is 1. The van der Waals surface area contributed by atoms with Crippen molar-refractivity contribution >= 4 is 35.7 Å². The van der Waals surface area contributed by atoms with E-state index in [1.54, 1.807) is 36.1 Å². The monoisotopic (exact) mass is 392 g/mol. The van der Waals surface area contributed by atoms with Crippen LogP contribution in [0, 0.1) is 6.92 Å². The molecule has 1 aromatic rings. The molecule has 0 radical (unpaired) electrons. The number of fused-ring (bicyclic) bond motifs is 3. The molecule has 0 aromatic carbocycles. The maximum absolute atomic E-state index is 13.0. The number of amides is 3. The quantitative estimate of drug-likeness (QED) is 0.485. The number of carbonyl (C=O) groups excluding carboxylic acids is 4. The predicted octanol–water partition coefficient (Wildman–Crippen LogP) is -0.311. The number of hydrogen-bond acceptors (Lipinski definition) is 7. The topological polar surface area (TPSA) is 114 Å². The predicted molar refractivity (Wildman–Crippen MR) is 93.6 cm³/mol. The molecule has 2 aliphatic heterocycles. The van der Waals surface area contributed by atoms with E-state index < -0.39 is 36.5 Å². The lowest BCUT2D eigenvalue weighted by Crippen LogP contribution is -2.63. The molecule has 0 aliphatic carbocycles. The molecule has 1 aromatic heterocycles. The van der Waals surface area contributed by atoms with E-state index in [4.69, 9.17) is 9.47 Å². The van der Waals surface area contributed by atoms with Crippen molar-refractivity contribution in [3.05, 3.63) is 11.9 Å². The molecule has 1 saturated heterocycles. The first-order valence-corrected chi connectivity index (χ1v) is 8.90. The number of carbonyl (C=O) groups is 4. The molecule has 11 heteroatoms. The molecule has 11 nitrogen and oxygen atoms in total. The molecule has 1 unspecified atom stereocenters. The van der Waals surface area contributed by atoms with Gasteiger partial charge >= 0.3 is 23.9 Å². The summed E-state index contributed by atoms with van der Waals surface area (Å²) < 4.78 is 13.0. The summed E-state index contributed by atoms with van der Waals surface area (Å²) in [7, 11) is 1.48. The van der Waals surface area contributed by atoms with Crippen LogP contribution in [0.1, 0.15) is 25.6 Å². The van der Waals surface area contributed by atoms with Gasteiger partial charge in [0.1, 0.15) is 18.4 Å². The molecule has 2 aliphatic rings. The minimum absolute atomic E-state index is 0.0656. The van der Waals surface area contributed by atoms with Gasteiger partial charge in [0.05, 0.1) is 13.2 Å². The SMILES string of the molecule is CCOC(=O)CN1C(=O)C2C(=Nc3n(CC(=O)OCC)c(C)c[n+]32)N(C)C1=O. The average Bonchev–Trinajstić information content (AvgIpc) is 3.14. The van der Waals surface area contributed by atoms with Gasteiger partial charge in [-0.25, -0.2) is 23.6 Å². The van der Waals surface area contributed by atoms with E-state index in [-0.39, 0.29) is 25.6 Å². The average molecular weight is 392 g/mol. The van der Waals surface area contributed by atoms with Crippen molar-refractivity contribution < 1.29 is 33.2 Å². The lowest BCUT2D eigenvalue weighted by molar-refractivity contribution is -0.677. The molecule has 1 fully saturated rings. The van der Waals surface area contributed by atoms with Gasteiger partial charge in [0, 0.05) is 7.05 Å². The summed E-state index contributed by atoms with van der Waals surface area (Å²) in [6.45, 7) is 4.99. The first-order valence-electron chi connectivity index (χ1n) is 8.90. The third-order valence-electron chi connectivity index (χ3n) is 4.51. The van der Waals surface area contributed by atoms with Crippen LogP contribution in [0.5, 0.6) is 0 Å². The number of ether oxygens (including phenoxy) is 2. The lowest BCUT2D eigenvalue weighted by atomic mass is 10.1. The summed E-state index contributed by atoms with van der Waals surface area (Å²) in [5, 5.41) is 0. The van der Waals surface area contributed by atoms with Gasteiger partial charge < -0.3 is 9.47 Å². The van der Waals surface area contributed by atoms with Gasteiger partial charge in [0.2, 0.25) is 11.9 Å². The van der Waals surface area contributed by atoms with E-state index >= 15 is 0 Å². The minimum atomic E-state index is -0.894. The smallest absolute Gasteiger partial charge is 0.402 e. The van der Waals surface area contributed by atoms with Crippen molar-refractivity contribution in [2.75, 3.05) is 26.8 Å². The number of aromatic nitrogens is 2. The van der Waals surface area contributed by atoms with Gasteiger partial charge in [-0.3, -0.25) is 14.5 Å². The largest absolute Gasteiger partial charge is 0.465 e. The van der Waals surface area contributed by atoms with Crippen LogP contribution in [-0.2, 0) is 30.4 Å². The molecular weight excluding hydrogens is 370 g/mol. The van der Waals surface area contributed by atoms with Gasteiger partial charge in [0.15, 0.2) is 6.54 Å². The number of amidine groups is 1. The van der Waals surface area contributed by atoms with Gasteiger partial charge in [-0.1, -0.05) is 4.99 Å². The third-order valence-corrected chi connectivity index (χ3v) is 4.51. The second kappa shape index (κ2) is 7.41. The fourth-order valence-corrected chi connectivity index (χ4v) is 3.24. The molecule has 3 rings (SSSR count). The Bertz CT molecular complexity index is 889. The Morgan fingerprint density at radius 3 is 2.36 bits per heavy atom. The molecular formula is C17H22N5O6+. The van der Waals surface area contributed by atoms with Crippen molar-refractivity contribution in [2.45, 2.75) is 33.4 Å². The molecule has 0 N–H and O–H groups in total. The Kier molecular flexibility index (Phi) is 5.16. The molecule has 0 saturated carbocycles. The zero-order valence-corrected chi connectivity index (χ0v) is 16.2. The van der Waals surface area contributed by atoms with Crippen molar-refractivity contribution in [1.29, 1.82) is 0 Å². The van der Waals surface area contributed by atoms with E-state index in [0.29, 0.717) is 11.6 Å². The van der Waals surface area contributed by atoms with Crippen LogP contribution in [0.15, 0.2) is 11.2 Å². The maximum Gasteiger partial charge on any atom is 0.402 e. The van der Waals surface area contributed by atoms with Crippen LogP contribution in [0.4, 0.5) is 10.7 Å². The van der Waals surface area contributed by atoms with Crippen LogP contribution in [0.25, 0.3) is 0 Å². The van der Waals surface area contributed by atoms with Crippen molar-refractivity contribution in [1.82, 2.24) is 14.4 Å². The molecule has 150 valence electrons. The fraction of sp³-hybridized carbons (Fsp3) is 0.529. The van der Waals surface area contributed by atoms with Crippen molar-refractivity contribution in [3.63, 3.8) is 0 Å². The summed E-state index contributed by atoms with van der Waals surface area (Å²) in [5.74, 6) is -1.08. The fourth-order valence-electron chi connectivity index (χ4n) is 3.24. The molecule has 0 spiro atoms. The second-order valence-electron chi connectivity index (χ2n) is 6.31. The highest BCUT2D eigenvalue weighted by Crippen LogP contribution is 2.29. The summed E-state index contributed by atoms with van der Waals surface area (Å²) in [5.41, 5.74) is 0.704. The van der Waals surface area contributed by atoms with Gasteiger partial charge in [-0.05, 0) is 20.8 Å². The molecule has 28 heavy (non-hydrogen) atoms. The van der Waals surface area contributed by atoms with Gasteiger partial charge in [0.25, 0.3) is 5.91 Å². The number of imide groups is 1. The Morgan fingerprint density at radius 2 is 1.75 bits per heavy atom. The van der Waals surface area contributed by atoms with Crippen LogP contribution in [0.3, 0.4) is 0 Å². The van der Waals surface area contributed by atoms with Crippen LogP contribution >= 0.6 is 0 Å². The Hall–Kier alpha value is -3.24. The minimum Gasteiger partial charge on any atom is -0.465 e. The molecule has 0 bridgehead atoms. The van der Waals surface area contributed by atoms with E-state index in [1.165, 1.54) is 11.9 Å². The van der Waals surface area contributed by atoms with E-state index in [2.05, 4.69) is 4.99 Å². The number of nitrogens with zero attached hydrogens (tertiary/aromatic N) is 5. The molecule has 3 heterocycles. The number of likely N-dealkylation sites (N-methyl/N-ethyl adjacent to an activating group) is 1. The number of esters is 2. The van der Waals surface area contributed by atoms with Gasteiger partial charge in [-0.2, -0.15) is 0 Å². The van der Waals surface area contributed by atoms with E-state index in [9.17, 15) is 19.2 Å². The zero-order chi connectivity index (χ0) is 20.6. The summed E-state index contributed by atoms with van der Waals surface area (Å²) in [6.07, 6.45) is 1.68. The number of imidazole rings is 1. The highest BCUT2D eigenvalue weighted by atomic mass is 16.5. The van der Waals surface area contributed by atoms with Crippen molar-refractivity contribution in [3.8, 4) is 0 Å². The second-order valence-corrected chi connectivity index (χ2v) is 6.31. The highest BCUT2D eigenvalue weighted by molar-refractivity contribution is 6.19. The Labute approximate surface area is 161 Å². The third kappa shape index (κ3) is 3.12. The van der Waals surface area contributed by atoms with E-state index in [1.807, 2.05) is 0 Å². The number of rotatable bonds is 6. The maximum atomic E-state index is 13.0. The van der Waals surface area contributed by atoms with Gasteiger partial charge in [-0.15, -0.1) is 0 Å². The number of aryl methyl sites for hydroxylation is 1. The Balaban J connectivity index is 1.95. The normalized spacial score (nSPS) is 18.0. The number of aliphatic imine (C=N–C) groups is 1. The highest BCUT2D eigenvalue weighted by Gasteiger charge is 2.53. The van der Waals surface area contributed by atoms with Crippen molar-refractivity contribution in [2.24, 2.45) is 4.99 Å². The van der Waals surface area contributed by atoms with Crippen LogP contribution < -0.4 is 4.57 Å². The molecule has 1 atom stereocenters. The molecule has 3 amide bonds. The summed E-state index contributed by atoms with van der Waals surface area (Å²) in [6, 6.07) is -1.55. The summed E-state index contributed by atoms with van der Waals surface area (Å²) in [4.78, 5) is 55.7. The first kappa shape index (κ1) is 19.5. The zero-order valence-electron chi connectivity index (χ0n) is 16.2. The van der Waals surface area contributed by atoms with Crippen LogP contribution in [-0.4, -0.2) is 70.9 Å². The van der Waals surface area contributed by atoms with Crippen LogP contribution in [0.2, 0.25) is 0 Å². The standard InChI is InChI=1S/C17H22N5O6/c1-5-27-11(23)8-20-10(3)7-21-13-14(18-16(20)21)19(4)17(26)22(15(13)25)9-12(24)28-6-2/h7,13H,5-6,8-9H2,1-4H3/q+1. The number of hydrogen-bond donors (Lipinski definition) is 0. The Morgan fingerprint density at radius 1 is 1.14 bits per heavy atom. The lowest BCUT2D eigenvalue weighted by Gasteiger charge is -2.32.